The van der Waals surface area contributed by atoms with Crippen LogP contribution in [0.2, 0.25) is 0 Å². The van der Waals surface area contributed by atoms with Crippen LogP contribution in [0, 0.1) is 0 Å². The molecule has 2 amide bonds. The first-order chi connectivity index (χ1) is 6.20. The predicted molar refractivity (Wildman–Crippen MR) is 54.0 cm³/mol. The first kappa shape index (κ1) is 9.47. The Morgan fingerprint density at radius 3 is 2.38 bits per heavy atom. The zero-order valence-electron chi connectivity index (χ0n) is 6.78. The van der Waals surface area contributed by atoms with Gasteiger partial charge in [0.05, 0.1) is 0 Å². The second kappa shape index (κ2) is 4.42. The van der Waals surface area contributed by atoms with Gasteiger partial charge in [-0.15, -0.1) is 0 Å². The van der Waals surface area contributed by atoms with E-state index >= 15 is 0 Å². The van der Waals surface area contributed by atoms with Crippen molar-refractivity contribution < 1.29 is 4.79 Å². The lowest BCUT2D eigenvalue weighted by molar-refractivity contribution is 0.247. The van der Waals surface area contributed by atoms with Gasteiger partial charge in [0, 0.05) is 5.56 Å². The third kappa shape index (κ3) is 3.08. The van der Waals surface area contributed by atoms with Gasteiger partial charge in [0.1, 0.15) is 4.99 Å². The summed E-state index contributed by atoms with van der Waals surface area (Å²) in [7, 11) is 0. The Morgan fingerprint density at radius 2 is 1.85 bits per heavy atom. The van der Waals surface area contributed by atoms with Crippen molar-refractivity contribution in [2.75, 3.05) is 0 Å². The van der Waals surface area contributed by atoms with Crippen molar-refractivity contribution in [3.8, 4) is 0 Å². The van der Waals surface area contributed by atoms with Gasteiger partial charge in [-0.3, -0.25) is 10.9 Å². The van der Waals surface area contributed by atoms with Crippen LogP contribution in [0.3, 0.4) is 0 Å². The molecule has 0 aliphatic rings. The largest absolute Gasteiger partial charge is 0.350 e. The summed E-state index contributed by atoms with van der Waals surface area (Å²) in [4.78, 5) is 10.8. The van der Waals surface area contributed by atoms with Crippen LogP contribution in [0.5, 0.6) is 0 Å². The number of rotatable bonds is 1. The molecule has 0 unspecified atom stereocenters. The fourth-order valence-corrected chi connectivity index (χ4v) is 0.967. The highest BCUT2D eigenvalue weighted by molar-refractivity contribution is 7.80. The number of nitrogens with two attached hydrogens (primary N) is 1. The molecule has 0 saturated carbocycles. The number of thiocarbonyl (C=S) groups is 1. The van der Waals surface area contributed by atoms with Crippen molar-refractivity contribution >= 4 is 23.2 Å². The summed E-state index contributed by atoms with van der Waals surface area (Å²) in [5.41, 5.74) is 10.4. The zero-order valence-corrected chi connectivity index (χ0v) is 7.60. The lowest BCUT2D eigenvalue weighted by atomic mass is 10.2. The average molecular weight is 195 g/mol. The highest BCUT2D eigenvalue weighted by Gasteiger charge is 1.98. The molecule has 0 atom stereocenters. The fraction of sp³-hybridized carbons (Fsp3) is 0. The molecule has 0 aromatic heterocycles. The minimum Gasteiger partial charge on any atom is -0.350 e. The predicted octanol–water partition coefficient (Wildman–Crippen LogP) is 0.535. The molecule has 4 nitrogen and oxygen atoms in total. The lowest BCUT2D eigenvalue weighted by Gasteiger charge is -2.06. The van der Waals surface area contributed by atoms with Crippen LogP contribution in [-0.2, 0) is 0 Å². The molecule has 0 fully saturated rings. The van der Waals surface area contributed by atoms with E-state index in [0.29, 0.717) is 4.99 Å². The van der Waals surface area contributed by atoms with Crippen LogP contribution in [0.4, 0.5) is 4.79 Å². The van der Waals surface area contributed by atoms with E-state index in [-0.39, 0.29) is 0 Å². The number of benzene rings is 1. The number of primary amides is 1. The molecule has 68 valence electrons. The van der Waals surface area contributed by atoms with Crippen LogP contribution in [0.15, 0.2) is 30.3 Å². The molecule has 0 bridgehead atoms. The molecule has 5 heteroatoms. The summed E-state index contributed by atoms with van der Waals surface area (Å²) >= 11 is 4.96. The first-order valence-electron chi connectivity index (χ1n) is 3.61. The molecular weight excluding hydrogens is 186 g/mol. The molecule has 0 heterocycles. The van der Waals surface area contributed by atoms with Gasteiger partial charge in [-0.1, -0.05) is 42.5 Å². The van der Waals surface area contributed by atoms with E-state index in [9.17, 15) is 4.79 Å². The highest BCUT2D eigenvalue weighted by atomic mass is 32.1. The van der Waals surface area contributed by atoms with Crippen LogP contribution >= 0.6 is 12.2 Å². The van der Waals surface area contributed by atoms with E-state index in [0.717, 1.165) is 5.56 Å². The summed E-state index contributed by atoms with van der Waals surface area (Å²) < 4.78 is 0. The Morgan fingerprint density at radius 1 is 1.23 bits per heavy atom. The summed E-state index contributed by atoms with van der Waals surface area (Å²) in [6.45, 7) is 0. The number of carbonyl (C=O) groups excluding carboxylic acids is 1. The summed E-state index contributed by atoms with van der Waals surface area (Å²) in [5, 5.41) is 0. The number of hydrogen-bond donors (Lipinski definition) is 3. The van der Waals surface area contributed by atoms with Crippen LogP contribution in [-0.4, -0.2) is 11.0 Å². The number of urea groups is 1. The van der Waals surface area contributed by atoms with Crippen molar-refractivity contribution in [1.29, 1.82) is 0 Å². The van der Waals surface area contributed by atoms with Crippen LogP contribution < -0.4 is 16.6 Å². The van der Waals surface area contributed by atoms with Crippen molar-refractivity contribution in [2.24, 2.45) is 5.73 Å². The van der Waals surface area contributed by atoms with Gasteiger partial charge in [-0.05, 0) is 0 Å². The molecule has 1 rings (SSSR count). The van der Waals surface area contributed by atoms with Gasteiger partial charge in [0.15, 0.2) is 0 Å². The van der Waals surface area contributed by atoms with Gasteiger partial charge in [0.2, 0.25) is 0 Å². The van der Waals surface area contributed by atoms with Crippen molar-refractivity contribution in [2.45, 2.75) is 0 Å². The van der Waals surface area contributed by atoms with E-state index < -0.39 is 6.03 Å². The number of hydrogen-bond acceptors (Lipinski definition) is 2. The second-order valence-corrected chi connectivity index (χ2v) is 2.72. The first-order valence-corrected chi connectivity index (χ1v) is 4.02. The molecule has 1 aromatic carbocycles. The van der Waals surface area contributed by atoms with Gasteiger partial charge < -0.3 is 5.73 Å². The molecule has 0 aliphatic heterocycles. The molecule has 1 aromatic rings. The topological polar surface area (TPSA) is 67.2 Å². The smallest absolute Gasteiger partial charge is 0.330 e. The third-order valence-electron chi connectivity index (χ3n) is 1.34. The van der Waals surface area contributed by atoms with E-state index in [1.165, 1.54) is 0 Å². The van der Waals surface area contributed by atoms with Crippen molar-refractivity contribution in [3.05, 3.63) is 35.9 Å². The molecular formula is C8H9N3OS. The summed E-state index contributed by atoms with van der Waals surface area (Å²) in [6, 6.07) is 8.59. The average Bonchev–Trinajstić information content (AvgIpc) is 2.15. The summed E-state index contributed by atoms with van der Waals surface area (Å²) in [5.74, 6) is 0. The van der Waals surface area contributed by atoms with Crippen LogP contribution in [0.25, 0.3) is 0 Å². The Bertz CT molecular complexity index is 312. The maximum atomic E-state index is 10.3. The lowest BCUT2D eigenvalue weighted by Crippen LogP contribution is -2.44. The highest BCUT2D eigenvalue weighted by Crippen LogP contribution is 1.97. The minimum absolute atomic E-state index is 0.430. The van der Waals surface area contributed by atoms with E-state index in [1.807, 2.05) is 30.3 Å². The Hall–Kier alpha value is -1.62. The van der Waals surface area contributed by atoms with Gasteiger partial charge in [-0.25, -0.2) is 4.79 Å². The standard InChI is InChI=1S/C8H9N3OS/c9-8(12)11-10-7(13)6-4-2-1-3-5-6/h1-5H,(H,10,13)(H3,9,11,12). The maximum Gasteiger partial charge on any atom is 0.330 e. The molecule has 4 N–H and O–H groups in total. The van der Waals surface area contributed by atoms with Gasteiger partial charge in [0.25, 0.3) is 0 Å². The van der Waals surface area contributed by atoms with Crippen LogP contribution in [0.1, 0.15) is 5.56 Å². The number of nitrogens with one attached hydrogen (secondary N) is 2. The molecule has 0 aliphatic carbocycles. The summed E-state index contributed by atoms with van der Waals surface area (Å²) in [6.07, 6.45) is 0. The molecule has 0 saturated heterocycles. The minimum atomic E-state index is -0.668. The van der Waals surface area contributed by atoms with Crippen molar-refractivity contribution in [1.82, 2.24) is 10.9 Å². The van der Waals surface area contributed by atoms with Crippen molar-refractivity contribution in [3.63, 3.8) is 0 Å². The number of amides is 2. The van der Waals surface area contributed by atoms with Gasteiger partial charge >= 0.3 is 6.03 Å². The molecule has 13 heavy (non-hydrogen) atoms. The second-order valence-electron chi connectivity index (χ2n) is 2.31. The Balaban J connectivity index is 2.54. The third-order valence-corrected chi connectivity index (χ3v) is 1.67. The number of carbonyl (C=O) groups is 1. The normalized spacial score (nSPS) is 8.92. The fourth-order valence-electron chi connectivity index (χ4n) is 0.780. The Kier molecular flexibility index (Phi) is 3.22. The van der Waals surface area contributed by atoms with Gasteiger partial charge in [-0.2, -0.15) is 0 Å². The maximum absolute atomic E-state index is 10.3. The molecule has 0 radical (unpaired) electrons. The Labute approximate surface area is 81.1 Å². The van der Waals surface area contributed by atoms with E-state index in [2.05, 4.69) is 10.9 Å². The van der Waals surface area contributed by atoms with E-state index in [1.54, 1.807) is 0 Å². The molecule has 0 spiro atoms. The van der Waals surface area contributed by atoms with E-state index in [4.69, 9.17) is 18.0 Å². The zero-order chi connectivity index (χ0) is 9.68. The monoisotopic (exact) mass is 195 g/mol. The number of hydrazine groups is 1. The quantitative estimate of drug-likeness (QED) is 0.452. The SMILES string of the molecule is NC(=O)NNC(=S)c1ccccc1.